The van der Waals surface area contributed by atoms with Crippen molar-refractivity contribution in [2.75, 3.05) is 45.8 Å². The Morgan fingerprint density at radius 1 is 1.04 bits per heavy atom. The van der Waals surface area contributed by atoms with Gasteiger partial charge >= 0.3 is 0 Å². The Balaban J connectivity index is 0.00000196. The molecule has 142 valence electrons. The van der Waals surface area contributed by atoms with E-state index in [9.17, 15) is 4.79 Å². The van der Waals surface area contributed by atoms with Crippen LogP contribution in [0.3, 0.4) is 0 Å². The summed E-state index contributed by atoms with van der Waals surface area (Å²) in [6.45, 7) is 8.62. The van der Waals surface area contributed by atoms with Gasteiger partial charge in [0, 0.05) is 32.7 Å². The maximum atomic E-state index is 12.2. The molecular formula is C19H28ClN5O. The zero-order chi connectivity index (χ0) is 17.1. The molecule has 0 amide bonds. The minimum Gasteiger partial charge on any atom is -0.317 e. The van der Waals surface area contributed by atoms with Crippen LogP contribution in [0.15, 0.2) is 29.1 Å². The standard InChI is InChI=1S/C19H27N5O.ClH/c25-19-16-3-1-2-4-17(16)21-18(22-19)14-24-11-9-23(10-12-24)13-15-5-7-20-8-6-15;/h1-4,15,20H,5-14H2,(H,21,22,25);1H. The molecule has 0 radical (unpaired) electrons. The number of rotatable bonds is 4. The molecular weight excluding hydrogens is 350 g/mol. The number of H-pyrrole nitrogens is 1. The van der Waals surface area contributed by atoms with Crippen LogP contribution >= 0.6 is 12.4 Å². The molecule has 6 nitrogen and oxygen atoms in total. The van der Waals surface area contributed by atoms with Crippen molar-refractivity contribution in [1.29, 1.82) is 0 Å². The predicted molar refractivity (Wildman–Crippen MR) is 107 cm³/mol. The highest BCUT2D eigenvalue weighted by Crippen LogP contribution is 2.15. The van der Waals surface area contributed by atoms with Crippen molar-refractivity contribution in [2.24, 2.45) is 5.92 Å². The molecule has 2 fully saturated rings. The molecule has 2 N–H and O–H groups in total. The van der Waals surface area contributed by atoms with E-state index in [2.05, 4.69) is 25.1 Å². The Bertz CT molecular complexity index is 766. The van der Waals surface area contributed by atoms with Gasteiger partial charge in [-0.2, -0.15) is 0 Å². The SMILES string of the molecule is Cl.O=c1[nH]c(CN2CCN(CC3CCNCC3)CC2)nc2ccccc12. The summed E-state index contributed by atoms with van der Waals surface area (Å²) in [5, 5.41) is 4.11. The molecule has 7 heteroatoms. The summed E-state index contributed by atoms with van der Waals surface area (Å²) in [4.78, 5) is 24.8. The van der Waals surface area contributed by atoms with E-state index in [-0.39, 0.29) is 18.0 Å². The van der Waals surface area contributed by atoms with Crippen molar-refractivity contribution < 1.29 is 0 Å². The highest BCUT2D eigenvalue weighted by Gasteiger charge is 2.21. The summed E-state index contributed by atoms with van der Waals surface area (Å²) in [6.07, 6.45) is 2.62. The molecule has 0 unspecified atom stereocenters. The van der Waals surface area contributed by atoms with E-state index >= 15 is 0 Å². The minimum atomic E-state index is -0.0369. The van der Waals surface area contributed by atoms with Gasteiger partial charge < -0.3 is 15.2 Å². The van der Waals surface area contributed by atoms with Gasteiger partial charge in [0.25, 0.3) is 5.56 Å². The summed E-state index contributed by atoms with van der Waals surface area (Å²) in [6, 6.07) is 7.54. The number of aromatic nitrogens is 2. The smallest absolute Gasteiger partial charge is 0.258 e. The average molecular weight is 378 g/mol. The van der Waals surface area contributed by atoms with Crippen LogP contribution in [0.2, 0.25) is 0 Å². The lowest BCUT2D eigenvalue weighted by Gasteiger charge is -2.37. The largest absolute Gasteiger partial charge is 0.317 e. The normalized spacial score (nSPS) is 20.2. The fourth-order valence-corrected chi connectivity index (χ4v) is 3.98. The molecule has 1 aromatic carbocycles. The number of hydrogen-bond acceptors (Lipinski definition) is 5. The highest BCUT2D eigenvalue weighted by molar-refractivity contribution is 5.85. The molecule has 0 atom stereocenters. The zero-order valence-corrected chi connectivity index (χ0v) is 15.9. The van der Waals surface area contributed by atoms with Crippen LogP contribution in [0.4, 0.5) is 0 Å². The highest BCUT2D eigenvalue weighted by atomic mass is 35.5. The molecule has 1 aromatic heterocycles. The number of para-hydroxylation sites is 1. The average Bonchev–Trinajstić information content (AvgIpc) is 2.64. The summed E-state index contributed by atoms with van der Waals surface area (Å²) in [5.74, 6) is 1.63. The van der Waals surface area contributed by atoms with Crippen molar-refractivity contribution in [2.45, 2.75) is 19.4 Å². The van der Waals surface area contributed by atoms with E-state index in [0.717, 1.165) is 50.0 Å². The van der Waals surface area contributed by atoms with Gasteiger partial charge in [0.1, 0.15) is 5.82 Å². The number of hydrogen-bond donors (Lipinski definition) is 2. The van der Waals surface area contributed by atoms with Crippen LogP contribution in [-0.4, -0.2) is 65.6 Å². The van der Waals surface area contributed by atoms with E-state index in [1.165, 1.54) is 32.5 Å². The Labute approximate surface area is 160 Å². The van der Waals surface area contributed by atoms with E-state index in [1.807, 2.05) is 24.3 Å². The molecule has 2 aromatic rings. The monoisotopic (exact) mass is 377 g/mol. The first kappa shape index (κ1) is 19.3. The molecule has 2 aliphatic heterocycles. The first-order chi connectivity index (χ1) is 12.3. The maximum absolute atomic E-state index is 12.2. The molecule has 2 saturated heterocycles. The van der Waals surface area contributed by atoms with Crippen LogP contribution in [0, 0.1) is 5.92 Å². The lowest BCUT2D eigenvalue weighted by Crippen LogP contribution is -2.48. The van der Waals surface area contributed by atoms with Gasteiger partial charge in [-0.25, -0.2) is 4.98 Å². The molecule has 0 aliphatic carbocycles. The van der Waals surface area contributed by atoms with Crippen molar-refractivity contribution in [1.82, 2.24) is 25.1 Å². The third-order valence-corrected chi connectivity index (χ3v) is 5.48. The van der Waals surface area contributed by atoms with Crippen LogP contribution in [-0.2, 0) is 6.54 Å². The second-order valence-corrected chi connectivity index (χ2v) is 7.30. The fourth-order valence-electron chi connectivity index (χ4n) is 3.98. The molecule has 0 saturated carbocycles. The zero-order valence-electron chi connectivity index (χ0n) is 15.1. The van der Waals surface area contributed by atoms with Crippen LogP contribution in [0.1, 0.15) is 18.7 Å². The van der Waals surface area contributed by atoms with Gasteiger partial charge in [0.15, 0.2) is 0 Å². The molecule has 2 aliphatic rings. The third kappa shape index (κ3) is 4.62. The maximum Gasteiger partial charge on any atom is 0.258 e. The Morgan fingerprint density at radius 2 is 1.73 bits per heavy atom. The first-order valence-electron chi connectivity index (χ1n) is 9.41. The molecule has 3 heterocycles. The number of piperazine rings is 1. The van der Waals surface area contributed by atoms with E-state index < -0.39 is 0 Å². The summed E-state index contributed by atoms with van der Waals surface area (Å²) in [5.41, 5.74) is 0.746. The lowest BCUT2D eigenvalue weighted by molar-refractivity contribution is 0.105. The van der Waals surface area contributed by atoms with Crippen LogP contribution < -0.4 is 10.9 Å². The number of fused-ring (bicyclic) bond motifs is 1. The van der Waals surface area contributed by atoms with Crippen molar-refractivity contribution in [3.63, 3.8) is 0 Å². The van der Waals surface area contributed by atoms with Gasteiger partial charge in [-0.05, 0) is 44.0 Å². The van der Waals surface area contributed by atoms with Crippen molar-refractivity contribution in [3.8, 4) is 0 Å². The van der Waals surface area contributed by atoms with Gasteiger partial charge in [-0.3, -0.25) is 9.69 Å². The second kappa shape index (κ2) is 8.95. The van der Waals surface area contributed by atoms with Crippen LogP contribution in [0.5, 0.6) is 0 Å². The summed E-state index contributed by atoms with van der Waals surface area (Å²) < 4.78 is 0. The topological polar surface area (TPSA) is 64.3 Å². The van der Waals surface area contributed by atoms with E-state index in [1.54, 1.807) is 0 Å². The molecule has 4 rings (SSSR count). The number of piperidine rings is 1. The Morgan fingerprint density at radius 3 is 2.50 bits per heavy atom. The van der Waals surface area contributed by atoms with E-state index in [4.69, 9.17) is 0 Å². The number of aromatic amines is 1. The molecule has 26 heavy (non-hydrogen) atoms. The van der Waals surface area contributed by atoms with Crippen molar-refractivity contribution >= 4 is 23.3 Å². The summed E-state index contributed by atoms with van der Waals surface area (Å²) >= 11 is 0. The van der Waals surface area contributed by atoms with Gasteiger partial charge in [0.2, 0.25) is 0 Å². The van der Waals surface area contributed by atoms with Crippen LogP contribution in [0.25, 0.3) is 10.9 Å². The first-order valence-corrected chi connectivity index (χ1v) is 9.41. The molecule has 0 bridgehead atoms. The number of benzene rings is 1. The lowest BCUT2D eigenvalue weighted by atomic mass is 9.97. The Kier molecular flexibility index (Phi) is 6.64. The predicted octanol–water partition coefficient (Wildman–Crippen LogP) is 1.46. The number of nitrogens with one attached hydrogen (secondary N) is 2. The summed E-state index contributed by atoms with van der Waals surface area (Å²) in [7, 11) is 0. The third-order valence-electron chi connectivity index (χ3n) is 5.48. The number of halogens is 1. The quantitative estimate of drug-likeness (QED) is 0.844. The van der Waals surface area contributed by atoms with Gasteiger partial charge in [-0.15, -0.1) is 12.4 Å². The second-order valence-electron chi connectivity index (χ2n) is 7.30. The van der Waals surface area contributed by atoms with E-state index in [0.29, 0.717) is 5.39 Å². The minimum absolute atomic E-state index is 0. The van der Waals surface area contributed by atoms with Crippen molar-refractivity contribution in [3.05, 3.63) is 40.4 Å². The molecule has 0 spiro atoms. The fraction of sp³-hybridized carbons (Fsp3) is 0.579. The number of nitrogens with zero attached hydrogens (tertiary/aromatic N) is 3. The Hall–Kier alpha value is -1.47. The van der Waals surface area contributed by atoms with Gasteiger partial charge in [0.05, 0.1) is 17.4 Å². The van der Waals surface area contributed by atoms with Gasteiger partial charge in [-0.1, -0.05) is 12.1 Å².